The van der Waals surface area contributed by atoms with Crippen LogP contribution < -0.4 is 5.32 Å². The summed E-state index contributed by atoms with van der Waals surface area (Å²) < 4.78 is 11.4. The molecular formula is C15H29NO2. The molecule has 0 aromatic heterocycles. The number of ether oxygens (including phenoxy) is 2. The maximum Gasteiger partial charge on any atom is 0.0666 e. The van der Waals surface area contributed by atoms with Gasteiger partial charge >= 0.3 is 0 Å². The van der Waals surface area contributed by atoms with E-state index in [0.29, 0.717) is 11.5 Å². The van der Waals surface area contributed by atoms with E-state index in [1.54, 1.807) is 0 Å². The minimum absolute atomic E-state index is 0.0898. The molecule has 2 aliphatic heterocycles. The van der Waals surface area contributed by atoms with Crippen molar-refractivity contribution in [1.29, 1.82) is 0 Å². The Bertz CT molecular complexity index is 263. The second kappa shape index (κ2) is 5.89. The Hall–Kier alpha value is -0.120. The second-order valence-corrected chi connectivity index (χ2v) is 6.65. The van der Waals surface area contributed by atoms with Gasteiger partial charge in [-0.15, -0.1) is 0 Å². The summed E-state index contributed by atoms with van der Waals surface area (Å²) >= 11 is 0. The molecule has 2 heterocycles. The van der Waals surface area contributed by atoms with Crippen LogP contribution in [0.4, 0.5) is 0 Å². The van der Waals surface area contributed by atoms with E-state index in [1.807, 2.05) is 0 Å². The first kappa shape index (κ1) is 14.3. The van der Waals surface area contributed by atoms with Crippen molar-refractivity contribution in [2.24, 2.45) is 5.41 Å². The zero-order valence-electron chi connectivity index (χ0n) is 12.3. The number of nitrogens with one attached hydrogen (secondary N) is 1. The van der Waals surface area contributed by atoms with E-state index in [9.17, 15) is 0 Å². The van der Waals surface area contributed by atoms with Crippen molar-refractivity contribution in [1.82, 2.24) is 5.32 Å². The van der Waals surface area contributed by atoms with Crippen molar-refractivity contribution < 1.29 is 9.47 Å². The number of hydrogen-bond acceptors (Lipinski definition) is 3. The molecule has 3 nitrogen and oxygen atoms in total. The zero-order chi connectivity index (χ0) is 13.1. The van der Waals surface area contributed by atoms with E-state index in [2.05, 4.69) is 26.1 Å². The van der Waals surface area contributed by atoms with Crippen LogP contribution in [-0.2, 0) is 9.47 Å². The first-order valence-electron chi connectivity index (χ1n) is 7.50. The van der Waals surface area contributed by atoms with E-state index in [1.165, 1.54) is 12.8 Å². The van der Waals surface area contributed by atoms with Gasteiger partial charge in [0.05, 0.1) is 5.60 Å². The van der Waals surface area contributed by atoms with Crippen LogP contribution in [0.3, 0.4) is 0 Å². The molecule has 0 aromatic carbocycles. The van der Waals surface area contributed by atoms with E-state index in [-0.39, 0.29) is 5.60 Å². The van der Waals surface area contributed by atoms with E-state index in [4.69, 9.17) is 9.47 Å². The third-order valence-corrected chi connectivity index (χ3v) is 4.86. The van der Waals surface area contributed by atoms with Crippen LogP contribution in [0.25, 0.3) is 0 Å². The first-order chi connectivity index (χ1) is 8.55. The summed E-state index contributed by atoms with van der Waals surface area (Å²) in [5, 5.41) is 3.79. The van der Waals surface area contributed by atoms with Crippen molar-refractivity contribution in [3.8, 4) is 0 Å². The van der Waals surface area contributed by atoms with E-state index in [0.717, 1.165) is 45.6 Å². The SMILES string of the molecule is CCC1(C)CC(NCC2(C)CCOCC2)CCO1. The molecule has 3 heteroatoms. The fraction of sp³-hybridized carbons (Fsp3) is 1.00. The molecule has 2 saturated heterocycles. The smallest absolute Gasteiger partial charge is 0.0666 e. The molecule has 18 heavy (non-hydrogen) atoms. The quantitative estimate of drug-likeness (QED) is 0.838. The normalized spacial score (nSPS) is 36.5. The molecular weight excluding hydrogens is 226 g/mol. The van der Waals surface area contributed by atoms with Crippen LogP contribution in [0.5, 0.6) is 0 Å². The molecule has 2 unspecified atom stereocenters. The second-order valence-electron chi connectivity index (χ2n) is 6.65. The molecule has 0 amide bonds. The molecule has 0 saturated carbocycles. The van der Waals surface area contributed by atoms with Gasteiger partial charge in [0.1, 0.15) is 0 Å². The van der Waals surface area contributed by atoms with Gasteiger partial charge in [0, 0.05) is 32.4 Å². The summed E-state index contributed by atoms with van der Waals surface area (Å²) in [7, 11) is 0. The van der Waals surface area contributed by atoms with Gasteiger partial charge in [-0.3, -0.25) is 0 Å². The summed E-state index contributed by atoms with van der Waals surface area (Å²) in [6.45, 7) is 10.7. The molecule has 2 rings (SSSR count). The van der Waals surface area contributed by atoms with Crippen LogP contribution in [0.15, 0.2) is 0 Å². The molecule has 0 radical (unpaired) electrons. The molecule has 1 N–H and O–H groups in total. The Morgan fingerprint density at radius 3 is 2.56 bits per heavy atom. The molecule has 0 aliphatic carbocycles. The summed E-state index contributed by atoms with van der Waals surface area (Å²) in [5.74, 6) is 0. The van der Waals surface area contributed by atoms with Crippen molar-refractivity contribution in [2.45, 2.75) is 64.5 Å². The Morgan fingerprint density at radius 1 is 1.17 bits per heavy atom. The lowest BCUT2D eigenvalue weighted by Crippen LogP contribution is -2.48. The summed E-state index contributed by atoms with van der Waals surface area (Å²) in [5.41, 5.74) is 0.520. The third-order valence-electron chi connectivity index (χ3n) is 4.86. The summed E-state index contributed by atoms with van der Waals surface area (Å²) in [6, 6.07) is 0.628. The highest BCUT2D eigenvalue weighted by Gasteiger charge is 2.33. The van der Waals surface area contributed by atoms with Crippen LogP contribution >= 0.6 is 0 Å². The van der Waals surface area contributed by atoms with Crippen LogP contribution in [0.1, 0.15) is 52.9 Å². The summed E-state index contributed by atoms with van der Waals surface area (Å²) in [6.07, 6.45) is 5.79. The Balaban J connectivity index is 1.79. The molecule has 2 fully saturated rings. The maximum atomic E-state index is 5.90. The van der Waals surface area contributed by atoms with Crippen molar-refractivity contribution >= 4 is 0 Å². The van der Waals surface area contributed by atoms with Gasteiger partial charge < -0.3 is 14.8 Å². The van der Waals surface area contributed by atoms with Crippen molar-refractivity contribution in [3.05, 3.63) is 0 Å². The Kier molecular flexibility index (Phi) is 4.68. The average molecular weight is 255 g/mol. The highest BCUT2D eigenvalue weighted by atomic mass is 16.5. The van der Waals surface area contributed by atoms with E-state index >= 15 is 0 Å². The van der Waals surface area contributed by atoms with Gasteiger partial charge in [0.25, 0.3) is 0 Å². The maximum absolute atomic E-state index is 5.90. The molecule has 2 aliphatic rings. The van der Waals surface area contributed by atoms with Gasteiger partial charge in [0.15, 0.2) is 0 Å². The number of hydrogen-bond donors (Lipinski definition) is 1. The van der Waals surface area contributed by atoms with Crippen molar-refractivity contribution in [2.75, 3.05) is 26.4 Å². The Morgan fingerprint density at radius 2 is 1.89 bits per heavy atom. The van der Waals surface area contributed by atoms with Gasteiger partial charge in [-0.25, -0.2) is 0 Å². The van der Waals surface area contributed by atoms with Crippen LogP contribution in [0.2, 0.25) is 0 Å². The standard InChI is InChI=1S/C15H29NO2/c1-4-15(3)11-13(5-8-18-15)16-12-14(2)6-9-17-10-7-14/h13,16H,4-12H2,1-3H3. The molecule has 106 valence electrons. The topological polar surface area (TPSA) is 30.5 Å². The lowest BCUT2D eigenvalue weighted by Gasteiger charge is -2.40. The minimum atomic E-state index is 0.0898. The molecule has 0 aromatic rings. The van der Waals surface area contributed by atoms with Crippen LogP contribution in [-0.4, -0.2) is 38.0 Å². The van der Waals surface area contributed by atoms with Crippen molar-refractivity contribution in [3.63, 3.8) is 0 Å². The molecule has 2 atom stereocenters. The fourth-order valence-corrected chi connectivity index (χ4v) is 2.98. The van der Waals surface area contributed by atoms with Gasteiger partial charge in [-0.1, -0.05) is 13.8 Å². The van der Waals surface area contributed by atoms with Gasteiger partial charge in [0.2, 0.25) is 0 Å². The molecule has 0 spiro atoms. The van der Waals surface area contributed by atoms with Crippen LogP contribution in [0, 0.1) is 5.41 Å². The zero-order valence-corrected chi connectivity index (χ0v) is 12.3. The highest BCUT2D eigenvalue weighted by Crippen LogP contribution is 2.31. The largest absolute Gasteiger partial charge is 0.381 e. The van der Waals surface area contributed by atoms with Gasteiger partial charge in [-0.2, -0.15) is 0 Å². The average Bonchev–Trinajstić information content (AvgIpc) is 2.38. The predicted octanol–water partition coefficient (Wildman–Crippen LogP) is 2.74. The minimum Gasteiger partial charge on any atom is -0.381 e. The lowest BCUT2D eigenvalue weighted by atomic mass is 9.81. The third kappa shape index (κ3) is 3.69. The summed E-state index contributed by atoms with van der Waals surface area (Å²) in [4.78, 5) is 0. The Labute approximate surface area is 112 Å². The lowest BCUT2D eigenvalue weighted by molar-refractivity contribution is -0.0798. The van der Waals surface area contributed by atoms with Gasteiger partial charge in [-0.05, 0) is 44.4 Å². The molecule has 0 bridgehead atoms. The first-order valence-corrected chi connectivity index (χ1v) is 7.50. The number of rotatable bonds is 4. The predicted molar refractivity (Wildman–Crippen MR) is 73.8 cm³/mol. The monoisotopic (exact) mass is 255 g/mol. The fourth-order valence-electron chi connectivity index (χ4n) is 2.98. The van der Waals surface area contributed by atoms with E-state index < -0.39 is 0 Å². The highest BCUT2D eigenvalue weighted by molar-refractivity contribution is 4.88.